The van der Waals surface area contributed by atoms with Crippen molar-refractivity contribution < 1.29 is 5.11 Å². The van der Waals surface area contributed by atoms with Crippen molar-refractivity contribution in [3.05, 3.63) is 24.3 Å². The maximum absolute atomic E-state index is 9.17. The number of hydrogen-bond acceptors (Lipinski definition) is 3. The van der Waals surface area contributed by atoms with Gasteiger partial charge in [0.15, 0.2) is 0 Å². The van der Waals surface area contributed by atoms with Crippen LogP contribution in [0.2, 0.25) is 0 Å². The minimum atomic E-state index is -0.225. The molecule has 0 aliphatic carbocycles. The summed E-state index contributed by atoms with van der Waals surface area (Å²) in [5, 5.41) is 12.5. The molecule has 92 valence electrons. The molecule has 0 fully saturated rings. The number of aryl methyl sites for hydroxylation is 1. The fraction of sp³-hybridized carbons (Fsp3) is 0.462. The van der Waals surface area contributed by atoms with Crippen LogP contribution < -0.4 is 5.32 Å². The number of aliphatic hydroxyl groups excluding tert-OH is 1. The van der Waals surface area contributed by atoms with Crippen LogP contribution in [0.15, 0.2) is 24.3 Å². The van der Waals surface area contributed by atoms with E-state index in [0.29, 0.717) is 0 Å². The number of aliphatic hydroxyl groups is 1. The first-order valence-electron chi connectivity index (χ1n) is 6.02. The summed E-state index contributed by atoms with van der Waals surface area (Å²) in [6.45, 7) is 2.65. The molecule has 4 heteroatoms. The minimum Gasteiger partial charge on any atom is -0.393 e. The Kier molecular flexibility index (Phi) is 3.64. The topological polar surface area (TPSA) is 50.1 Å². The summed E-state index contributed by atoms with van der Waals surface area (Å²) in [4.78, 5) is 4.52. The monoisotopic (exact) mass is 233 g/mol. The van der Waals surface area contributed by atoms with Crippen molar-refractivity contribution in [1.82, 2.24) is 9.55 Å². The van der Waals surface area contributed by atoms with Gasteiger partial charge in [-0.2, -0.15) is 0 Å². The SMILES string of the molecule is CC(O)CCCNc1nc2ccccc2n1C. The van der Waals surface area contributed by atoms with Gasteiger partial charge in [-0.3, -0.25) is 0 Å². The lowest BCUT2D eigenvalue weighted by molar-refractivity contribution is 0.183. The van der Waals surface area contributed by atoms with E-state index in [0.717, 1.165) is 36.4 Å². The molecule has 1 heterocycles. The highest BCUT2D eigenvalue weighted by atomic mass is 16.3. The lowest BCUT2D eigenvalue weighted by Gasteiger charge is -2.07. The molecule has 1 aromatic carbocycles. The Morgan fingerprint density at radius 3 is 2.88 bits per heavy atom. The van der Waals surface area contributed by atoms with Gasteiger partial charge in [0.25, 0.3) is 0 Å². The van der Waals surface area contributed by atoms with Gasteiger partial charge in [0.1, 0.15) is 0 Å². The third-order valence-electron chi connectivity index (χ3n) is 2.87. The van der Waals surface area contributed by atoms with E-state index in [-0.39, 0.29) is 6.10 Å². The highest BCUT2D eigenvalue weighted by molar-refractivity contribution is 5.78. The van der Waals surface area contributed by atoms with Crippen LogP contribution in [-0.2, 0) is 7.05 Å². The summed E-state index contributed by atoms with van der Waals surface area (Å²) in [5.74, 6) is 0.886. The number of para-hydroxylation sites is 2. The molecule has 0 aliphatic heterocycles. The smallest absolute Gasteiger partial charge is 0.203 e. The van der Waals surface area contributed by atoms with Gasteiger partial charge in [-0.25, -0.2) is 4.98 Å². The maximum atomic E-state index is 9.17. The van der Waals surface area contributed by atoms with Crippen molar-refractivity contribution in [2.75, 3.05) is 11.9 Å². The Hall–Kier alpha value is -1.55. The van der Waals surface area contributed by atoms with E-state index in [1.807, 2.05) is 32.2 Å². The second kappa shape index (κ2) is 5.19. The first kappa shape index (κ1) is 11.9. The number of nitrogens with zero attached hydrogens (tertiary/aromatic N) is 2. The van der Waals surface area contributed by atoms with Crippen LogP contribution in [-0.4, -0.2) is 27.3 Å². The van der Waals surface area contributed by atoms with Crippen LogP contribution in [0.1, 0.15) is 19.8 Å². The maximum Gasteiger partial charge on any atom is 0.203 e. The predicted molar refractivity (Wildman–Crippen MR) is 70.1 cm³/mol. The number of nitrogens with one attached hydrogen (secondary N) is 1. The van der Waals surface area contributed by atoms with E-state index in [1.165, 1.54) is 0 Å². The molecule has 0 saturated carbocycles. The molecular formula is C13H19N3O. The third kappa shape index (κ3) is 2.77. The van der Waals surface area contributed by atoms with Crippen LogP contribution in [0.25, 0.3) is 11.0 Å². The van der Waals surface area contributed by atoms with Gasteiger partial charge in [-0.1, -0.05) is 12.1 Å². The van der Waals surface area contributed by atoms with Crippen LogP contribution in [0.3, 0.4) is 0 Å². The molecule has 4 nitrogen and oxygen atoms in total. The van der Waals surface area contributed by atoms with E-state index in [4.69, 9.17) is 5.11 Å². The molecule has 2 aromatic rings. The molecule has 2 rings (SSSR count). The van der Waals surface area contributed by atoms with Gasteiger partial charge >= 0.3 is 0 Å². The molecule has 1 aromatic heterocycles. The summed E-state index contributed by atoms with van der Waals surface area (Å²) in [6, 6.07) is 8.08. The van der Waals surface area contributed by atoms with Gasteiger partial charge in [0, 0.05) is 13.6 Å². The summed E-state index contributed by atoms with van der Waals surface area (Å²) in [6.07, 6.45) is 1.54. The molecule has 2 N–H and O–H groups in total. The summed E-state index contributed by atoms with van der Waals surface area (Å²) in [7, 11) is 2.01. The van der Waals surface area contributed by atoms with E-state index in [1.54, 1.807) is 0 Å². The molecule has 0 saturated heterocycles. The molecule has 0 radical (unpaired) electrons. The second-order valence-electron chi connectivity index (χ2n) is 4.40. The Bertz CT molecular complexity index is 490. The van der Waals surface area contributed by atoms with E-state index in [9.17, 15) is 0 Å². The van der Waals surface area contributed by atoms with E-state index in [2.05, 4.69) is 20.9 Å². The largest absolute Gasteiger partial charge is 0.393 e. The molecule has 17 heavy (non-hydrogen) atoms. The molecule has 0 spiro atoms. The zero-order valence-electron chi connectivity index (χ0n) is 10.3. The first-order chi connectivity index (χ1) is 8.18. The minimum absolute atomic E-state index is 0.225. The average molecular weight is 233 g/mol. The first-order valence-corrected chi connectivity index (χ1v) is 6.02. The zero-order chi connectivity index (χ0) is 12.3. The van der Waals surface area contributed by atoms with Gasteiger partial charge in [-0.05, 0) is 31.9 Å². The number of fused-ring (bicyclic) bond motifs is 1. The van der Waals surface area contributed by atoms with Gasteiger partial charge in [0.05, 0.1) is 17.1 Å². The summed E-state index contributed by atoms with van der Waals surface area (Å²) in [5.41, 5.74) is 2.14. The van der Waals surface area contributed by atoms with Crippen molar-refractivity contribution in [3.8, 4) is 0 Å². The van der Waals surface area contributed by atoms with Crippen molar-refractivity contribution >= 4 is 17.0 Å². The molecule has 1 atom stereocenters. The Labute approximate surface area is 101 Å². The predicted octanol–water partition coefficient (Wildman–Crippen LogP) is 2.15. The van der Waals surface area contributed by atoms with Crippen LogP contribution in [0.5, 0.6) is 0 Å². The Morgan fingerprint density at radius 2 is 2.18 bits per heavy atom. The third-order valence-corrected chi connectivity index (χ3v) is 2.87. The van der Waals surface area contributed by atoms with E-state index >= 15 is 0 Å². The molecule has 0 amide bonds. The van der Waals surface area contributed by atoms with E-state index < -0.39 is 0 Å². The Morgan fingerprint density at radius 1 is 1.41 bits per heavy atom. The number of hydrogen-bond donors (Lipinski definition) is 2. The number of benzene rings is 1. The zero-order valence-corrected chi connectivity index (χ0v) is 10.3. The number of rotatable bonds is 5. The van der Waals surface area contributed by atoms with Crippen LogP contribution >= 0.6 is 0 Å². The van der Waals surface area contributed by atoms with Crippen molar-refractivity contribution in [2.45, 2.75) is 25.9 Å². The van der Waals surface area contributed by atoms with Crippen LogP contribution in [0.4, 0.5) is 5.95 Å². The molecular weight excluding hydrogens is 214 g/mol. The normalized spacial score (nSPS) is 12.9. The summed E-state index contributed by atoms with van der Waals surface area (Å²) < 4.78 is 2.05. The fourth-order valence-electron chi connectivity index (χ4n) is 1.90. The lowest BCUT2D eigenvalue weighted by atomic mass is 10.2. The quantitative estimate of drug-likeness (QED) is 0.778. The lowest BCUT2D eigenvalue weighted by Crippen LogP contribution is -2.09. The fourth-order valence-corrected chi connectivity index (χ4v) is 1.90. The number of imidazole rings is 1. The van der Waals surface area contributed by atoms with Crippen molar-refractivity contribution in [1.29, 1.82) is 0 Å². The Balaban J connectivity index is 2.01. The highest BCUT2D eigenvalue weighted by Crippen LogP contribution is 2.17. The van der Waals surface area contributed by atoms with Crippen molar-refractivity contribution in [2.24, 2.45) is 7.05 Å². The number of aromatic nitrogens is 2. The van der Waals surface area contributed by atoms with Gasteiger partial charge in [-0.15, -0.1) is 0 Å². The van der Waals surface area contributed by atoms with Gasteiger partial charge < -0.3 is 15.0 Å². The summed E-state index contributed by atoms with van der Waals surface area (Å²) >= 11 is 0. The number of anilines is 1. The highest BCUT2D eigenvalue weighted by Gasteiger charge is 2.05. The average Bonchev–Trinajstić information content (AvgIpc) is 2.63. The molecule has 1 unspecified atom stereocenters. The van der Waals surface area contributed by atoms with Crippen LogP contribution in [0, 0.1) is 0 Å². The molecule has 0 aliphatic rings. The van der Waals surface area contributed by atoms with Gasteiger partial charge in [0.2, 0.25) is 5.95 Å². The standard InChI is InChI=1S/C13H19N3O/c1-10(17)6-5-9-14-13-15-11-7-3-4-8-12(11)16(13)2/h3-4,7-8,10,17H,5-6,9H2,1-2H3,(H,14,15). The second-order valence-corrected chi connectivity index (χ2v) is 4.40. The molecule has 0 bridgehead atoms. The van der Waals surface area contributed by atoms with Crippen molar-refractivity contribution in [3.63, 3.8) is 0 Å².